The van der Waals surface area contributed by atoms with Crippen LogP contribution in [0.3, 0.4) is 0 Å². The molecule has 6 nitrogen and oxygen atoms in total. The Hall–Kier alpha value is -3.06. The highest BCUT2D eigenvalue weighted by Crippen LogP contribution is 2.12. The minimum atomic E-state index is 0.649. The highest BCUT2D eigenvalue weighted by atomic mass is 16.5. The maximum Gasteiger partial charge on any atom is 0.119 e. The third kappa shape index (κ3) is 10.5. The molecular formula is C25H32N4O2. The minimum absolute atomic E-state index is 0.649. The van der Waals surface area contributed by atoms with Crippen molar-refractivity contribution in [1.82, 2.24) is 10.2 Å². The van der Waals surface area contributed by atoms with E-state index in [0.29, 0.717) is 24.3 Å². The molecule has 0 spiro atoms. The van der Waals surface area contributed by atoms with Gasteiger partial charge in [-0.1, -0.05) is 0 Å². The molecule has 6 heteroatoms. The average Bonchev–Trinajstić information content (AvgIpc) is 2.81. The predicted molar refractivity (Wildman–Crippen MR) is 122 cm³/mol. The van der Waals surface area contributed by atoms with Crippen molar-refractivity contribution in [2.75, 3.05) is 46.4 Å². The fourth-order valence-corrected chi connectivity index (χ4v) is 3.03. The van der Waals surface area contributed by atoms with Crippen LogP contribution in [0, 0.1) is 22.7 Å². The summed E-state index contributed by atoms with van der Waals surface area (Å²) in [5.41, 5.74) is 1.30. The van der Waals surface area contributed by atoms with Crippen molar-refractivity contribution in [2.45, 2.75) is 25.7 Å². The van der Waals surface area contributed by atoms with Gasteiger partial charge in [-0.05, 0) is 101 Å². The molecule has 2 aromatic carbocycles. The molecule has 164 valence electrons. The summed E-state index contributed by atoms with van der Waals surface area (Å²) in [4.78, 5) is 2.34. The van der Waals surface area contributed by atoms with E-state index < -0.39 is 0 Å². The Labute approximate surface area is 186 Å². The number of hydrogen-bond donors (Lipinski definition) is 1. The molecule has 0 aliphatic rings. The Bertz CT molecular complexity index is 823. The monoisotopic (exact) mass is 420 g/mol. The molecule has 2 rings (SSSR count). The van der Waals surface area contributed by atoms with E-state index >= 15 is 0 Å². The van der Waals surface area contributed by atoms with Crippen molar-refractivity contribution >= 4 is 0 Å². The van der Waals surface area contributed by atoms with E-state index in [2.05, 4.69) is 29.4 Å². The highest BCUT2D eigenvalue weighted by Gasteiger charge is 2.00. The second kappa shape index (κ2) is 14.8. The lowest BCUT2D eigenvalue weighted by Gasteiger charge is -2.16. The van der Waals surface area contributed by atoms with Gasteiger partial charge in [0.1, 0.15) is 11.5 Å². The number of nitrogens with one attached hydrogen (secondary N) is 1. The molecule has 0 amide bonds. The number of nitrogens with zero attached hydrogens (tertiary/aromatic N) is 3. The fraction of sp³-hybridized carbons (Fsp3) is 0.440. The number of hydrogen-bond acceptors (Lipinski definition) is 6. The largest absolute Gasteiger partial charge is 0.494 e. The molecule has 0 fully saturated rings. The van der Waals surface area contributed by atoms with Gasteiger partial charge in [0.15, 0.2) is 0 Å². The van der Waals surface area contributed by atoms with Crippen LogP contribution < -0.4 is 14.8 Å². The molecule has 0 aromatic heterocycles. The Morgan fingerprint density at radius 2 is 1.19 bits per heavy atom. The lowest BCUT2D eigenvalue weighted by atomic mass is 10.2. The van der Waals surface area contributed by atoms with E-state index in [1.54, 1.807) is 24.3 Å². The summed E-state index contributed by atoms with van der Waals surface area (Å²) >= 11 is 0. The third-order valence-electron chi connectivity index (χ3n) is 4.83. The van der Waals surface area contributed by atoms with Gasteiger partial charge in [0.05, 0.1) is 36.5 Å². The van der Waals surface area contributed by atoms with Gasteiger partial charge in [-0.3, -0.25) is 0 Å². The molecule has 0 aliphatic heterocycles. The second-order valence-corrected chi connectivity index (χ2v) is 7.44. The van der Waals surface area contributed by atoms with Crippen molar-refractivity contribution in [3.8, 4) is 23.6 Å². The normalized spacial score (nSPS) is 10.5. The SMILES string of the molecule is CN(CCCCNCCCOc1ccc(C#N)cc1)CCCOc1ccc(C#N)cc1. The summed E-state index contributed by atoms with van der Waals surface area (Å²) in [5.74, 6) is 1.62. The summed E-state index contributed by atoms with van der Waals surface area (Å²) < 4.78 is 11.4. The topological polar surface area (TPSA) is 81.3 Å². The Balaban J connectivity index is 1.38. The number of nitriles is 2. The Morgan fingerprint density at radius 1 is 0.710 bits per heavy atom. The lowest BCUT2D eigenvalue weighted by Crippen LogP contribution is -2.24. The fourth-order valence-electron chi connectivity index (χ4n) is 3.03. The quantitative estimate of drug-likeness (QED) is 0.439. The highest BCUT2D eigenvalue weighted by molar-refractivity contribution is 5.35. The maximum atomic E-state index is 8.80. The standard InChI is InChI=1S/C25H32N4O2/c1-29(17-5-19-31-25-12-8-23(21-27)9-13-25)16-3-2-14-28-15-4-18-30-24-10-6-22(20-26)7-11-24/h6-13,28H,2-5,14-19H2,1H3. The number of rotatable bonds is 15. The molecular weight excluding hydrogens is 388 g/mol. The molecule has 0 aliphatic carbocycles. The van der Waals surface area contributed by atoms with Crippen LogP contribution in [-0.4, -0.2) is 51.3 Å². The van der Waals surface area contributed by atoms with Crippen molar-refractivity contribution in [3.05, 3.63) is 59.7 Å². The van der Waals surface area contributed by atoms with Crippen molar-refractivity contribution in [3.63, 3.8) is 0 Å². The molecule has 2 aromatic rings. The van der Waals surface area contributed by atoms with Crippen LogP contribution in [0.4, 0.5) is 0 Å². The van der Waals surface area contributed by atoms with Gasteiger partial charge >= 0.3 is 0 Å². The summed E-state index contributed by atoms with van der Waals surface area (Å²) in [6.07, 6.45) is 4.26. The first-order valence-corrected chi connectivity index (χ1v) is 10.9. The van der Waals surface area contributed by atoms with E-state index in [-0.39, 0.29) is 0 Å². The van der Waals surface area contributed by atoms with E-state index in [9.17, 15) is 0 Å². The zero-order valence-electron chi connectivity index (χ0n) is 18.3. The molecule has 0 saturated carbocycles. The molecule has 0 radical (unpaired) electrons. The Kier molecular flexibility index (Phi) is 11.6. The Morgan fingerprint density at radius 3 is 1.74 bits per heavy atom. The van der Waals surface area contributed by atoms with Gasteiger partial charge in [0, 0.05) is 6.54 Å². The first-order valence-electron chi connectivity index (χ1n) is 10.9. The van der Waals surface area contributed by atoms with Gasteiger partial charge in [-0.25, -0.2) is 0 Å². The van der Waals surface area contributed by atoms with Gasteiger partial charge in [-0.15, -0.1) is 0 Å². The molecule has 31 heavy (non-hydrogen) atoms. The van der Waals surface area contributed by atoms with Crippen molar-refractivity contribution < 1.29 is 9.47 Å². The zero-order chi connectivity index (χ0) is 22.2. The second-order valence-electron chi connectivity index (χ2n) is 7.44. The van der Waals surface area contributed by atoms with Crippen molar-refractivity contribution in [2.24, 2.45) is 0 Å². The van der Waals surface area contributed by atoms with E-state index in [1.165, 1.54) is 6.42 Å². The van der Waals surface area contributed by atoms with E-state index in [1.807, 2.05) is 24.3 Å². The molecule has 1 N–H and O–H groups in total. The molecule has 0 bridgehead atoms. The van der Waals surface area contributed by atoms with Crippen LogP contribution in [0.1, 0.15) is 36.8 Å². The van der Waals surface area contributed by atoms with Crippen LogP contribution in [0.15, 0.2) is 48.5 Å². The predicted octanol–water partition coefficient (Wildman–Crippen LogP) is 3.97. The average molecular weight is 421 g/mol. The number of unbranched alkanes of at least 4 members (excludes halogenated alkanes) is 1. The number of ether oxygens (including phenoxy) is 2. The molecule has 0 heterocycles. The van der Waals surface area contributed by atoms with Crippen LogP contribution in [0.2, 0.25) is 0 Å². The maximum absolute atomic E-state index is 8.80. The van der Waals surface area contributed by atoms with Crippen LogP contribution in [-0.2, 0) is 0 Å². The van der Waals surface area contributed by atoms with Crippen LogP contribution in [0.25, 0.3) is 0 Å². The minimum Gasteiger partial charge on any atom is -0.494 e. The van der Waals surface area contributed by atoms with Gasteiger partial charge in [-0.2, -0.15) is 10.5 Å². The van der Waals surface area contributed by atoms with Crippen LogP contribution >= 0.6 is 0 Å². The van der Waals surface area contributed by atoms with Crippen molar-refractivity contribution in [1.29, 1.82) is 10.5 Å². The van der Waals surface area contributed by atoms with E-state index in [0.717, 1.165) is 56.9 Å². The van der Waals surface area contributed by atoms with Gasteiger partial charge < -0.3 is 19.7 Å². The first kappa shape index (κ1) is 24.2. The molecule has 0 saturated heterocycles. The van der Waals surface area contributed by atoms with Crippen LogP contribution in [0.5, 0.6) is 11.5 Å². The molecule has 0 atom stereocenters. The number of benzene rings is 2. The first-order chi connectivity index (χ1) is 15.2. The van der Waals surface area contributed by atoms with Gasteiger partial charge in [0.2, 0.25) is 0 Å². The lowest BCUT2D eigenvalue weighted by molar-refractivity contribution is 0.260. The third-order valence-corrected chi connectivity index (χ3v) is 4.83. The summed E-state index contributed by atoms with van der Waals surface area (Å²) in [6, 6.07) is 18.7. The summed E-state index contributed by atoms with van der Waals surface area (Å²) in [6.45, 7) is 5.41. The summed E-state index contributed by atoms with van der Waals surface area (Å²) in [7, 11) is 2.15. The molecule has 0 unspecified atom stereocenters. The summed E-state index contributed by atoms with van der Waals surface area (Å²) in [5, 5.41) is 21.0. The van der Waals surface area contributed by atoms with Gasteiger partial charge in [0.25, 0.3) is 0 Å². The zero-order valence-corrected chi connectivity index (χ0v) is 18.3. The smallest absolute Gasteiger partial charge is 0.119 e. The van der Waals surface area contributed by atoms with E-state index in [4.69, 9.17) is 20.0 Å².